The van der Waals surface area contributed by atoms with E-state index in [1.165, 1.54) is 0 Å². The van der Waals surface area contributed by atoms with Crippen molar-refractivity contribution in [2.24, 2.45) is 0 Å². The predicted molar refractivity (Wildman–Crippen MR) is 68.6 cm³/mol. The van der Waals surface area contributed by atoms with Crippen LogP contribution < -0.4 is 4.74 Å². The third kappa shape index (κ3) is 1.78. The van der Waals surface area contributed by atoms with Crippen molar-refractivity contribution in [3.8, 4) is 17.0 Å². The van der Waals surface area contributed by atoms with Crippen molar-refractivity contribution in [1.29, 1.82) is 0 Å². The van der Waals surface area contributed by atoms with Gasteiger partial charge < -0.3 is 14.8 Å². The highest BCUT2D eigenvalue weighted by molar-refractivity contribution is 5.61. The number of benzene rings is 1. The van der Waals surface area contributed by atoms with Gasteiger partial charge in [0.05, 0.1) is 31.0 Å². The van der Waals surface area contributed by atoms with Crippen LogP contribution in [0.2, 0.25) is 0 Å². The zero-order valence-corrected chi connectivity index (χ0v) is 10.3. The fraction of sp³-hybridized carbons (Fsp3) is 0.357. The molecule has 1 aliphatic rings. The van der Waals surface area contributed by atoms with Gasteiger partial charge in [0.15, 0.2) is 0 Å². The summed E-state index contributed by atoms with van der Waals surface area (Å²) >= 11 is 0. The highest BCUT2D eigenvalue weighted by Gasteiger charge is 2.46. The number of aromatic nitrogens is 2. The number of imidazole rings is 1. The number of nitrogens with one attached hydrogen (secondary N) is 1. The van der Waals surface area contributed by atoms with Gasteiger partial charge in [0.1, 0.15) is 11.6 Å². The van der Waals surface area contributed by atoms with Crippen molar-refractivity contribution < 1.29 is 9.84 Å². The summed E-state index contributed by atoms with van der Waals surface area (Å²) in [6.07, 6.45) is 3.84. The van der Waals surface area contributed by atoms with E-state index in [9.17, 15) is 5.11 Å². The van der Waals surface area contributed by atoms with Gasteiger partial charge >= 0.3 is 0 Å². The molecule has 1 fully saturated rings. The van der Waals surface area contributed by atoms with Gasteiger partial charge in [-0.1, -0.05) is 12.1 Å². The molecule has 2 N–H and O–H groups in total. The second kappa shape index (κ2) is 4.14. The maximum absolute atomic E-state index is 9.39. The molecule has 1 aromatic carbocycles. The van der Waals surface area contributed by atoms with E-state index in [2.05, 4.69) is 9.97 Å². The van der Waals surface area contributed by atoms with Crippen LogP contribution in [-0.4, -0.2) is 28.8 Å². The highest BCUT2D eigenvalue weighted by Crippen LogP contribution is 2.46. The van der Waals surface area contributed by atoms with Gasteiger partial charge in [-0.2, -0.15) is 0 Å². The van der Waals surface area contributed by atoms with E-state index in [4.69, 9.17) is 4.74 Å². The van der Waals surface area contributed by atoms with Crippen molar-refractivity contribution in [3.05, 3.63) is 36.3 Å². The number of methoxy groups -OCH3 is 1. The van der Waals surface area contributed by atoms with Crippen LogP contribution in [0.1, 0.15) is 18.7 Å². The Kier molecular flexibility index (Phi) is 2.59. The summed E-state index contributed by atoms with van der Waals surface area (Å²) in [5.41, 5.74) is 1.89. The summed E-state index contributed by atoms with van der Waals surface area (Å²) in [5.74, 6) is 1.72. The van der Waals surface area contributed by atoms with Crippen molar-refractivity contribution in [3.63, 3.8) is 0 Å². The van der Waals surface area contributed by atoms with Crippen molar-refractivity contribution in [2.75, 3.05) is 13.7 Å². The van der Waals surface area contributed by atoms with E-state index < -0.39 is 0 Å². The molecule has 0 unspecified atom stereocenters. The molecule has 0 saturated heterocycles. The summed E-state index contributed by atoms with van der Waals surface area (Å²) in [4.78, 5) is 7.70. The van der Waals surface area contributed by atoms with E-state index >= 15 is 0 Å². The summed E-state index contributed by atoms with van der Waals surface area (Å²) in [5, 5.41) is 9.39. The van der Waals surface area contributed by atoms with Crippen LogP contribution in [0.4, 0.5) is 0 Å². The molecule has 3 rings (SSSR count). The molecule has 0 aliphatic heterocycles. The minimum Gasteiger partial charge on any atom is -0.497 e. The molecule has 2 aromatic rings. The number of aromatic amines is 1. The number of H-pyrrole nitrogens is 1. The maximum Gasteiger partial charge on any atom is 0.119 e. The molecule has 0 amide bonds. The lowest BCUT2D eigenvalue weighted by atomic mass is 10.1. The summed E-state index contributed by atoms with van der Waals surface area (Å²) < 4.78 is 5.21. The molecular weight excluding hydrogens is 228 g/mol. The first-order valence-electron chi connectivity index (χ1n) is 6.08. The minimum absolute atomic E-state index is 0.114. The topological polar surface area (TPSA) is 58.1 Å². The van der Waals surface area contributed by atoms with E-state index in [1.807, 2.05) is 30.5 Å². The Bertz CT molecular complexity index is 558. The maximum atomic E-state index is 9.39. The molecule has 0 radical (unpaired) electrons. The largest absolute Gasteiger partial charge is 0.497 e. The Morgan fingerprint density at radius 2 is 2.28 bits per heavy atom. The fourth-order valence-electron chi connectivity index (χ4n) is 2.15. The second-order valence-electron chi connectivity index (χ2n) is 4.82. The van der Waals surface area contributed by atoms with E-state index in [0.29, 0.717) is 0 Å². The molecular formula is C14H16N2O2. The van der Waals surface area contributed by atoms with Crippen LogP contribution in [0.25, 0.3) is 11.3 Å². The first-order chi connectivity index (χ1) is 8.77. The molecule has 4 heteroatoms. The van der Waals surface area contributed by atoms with Gasteiger partial charge in [0.2, 0.25) is 0 Å². The van der Waals surface area contributed by atoms with Gasteiger partial charge in [-0.05, 0) is 25.0 Å². The number of aliphatic hydroxyl groups excluding tert-OH is 1. The van der Waals surface area contributed by atoms with E-state index in [-0.39, 0.29) is 12.0 Å². The molecule has 1 heterocycles. The van der Waals surface area contributed by atoms with Crippen LogP contribution >= 0.6 is 0 Å². The molecule has 1 saturated carbocycles. The van der Waals surface area contributed by atoms with Gasteiger partial charge in [-0.15, -0.1) is 0 Å². The monoisotopic (exact) mass is 244 g/mol. The highest BCUT2D eigenvalue weighted by atomic mass is 16.5. The number of hydrogen-bond donors (Lipinski definition) is 2. The zero-order valence-electron chi connectivity index (χ0n) is 10.3. The first-order valence-corrected chi connectivity index (χ1v) is 6.08. The predicted octanol–water partition coefficient (Wildman–Crippen LogP) is 2.11. The number of hydrogen-bond acceptors (Lipinski definition) is 3. The molecule has 1 aliphatic carbocycles. The number of ether oxygens (including phenoxy) is 1. The van der Waals surface area contributed by atoms with Crippen LogP contribution in [0.15, 0.2) is 30.5 Å². The Labute approximate surface area is 106 Å². The summed E-state index contributed by atoms with van der Waals surface area (Å²) in [6, 6.07) is 7.85. The molecule has 0 spiro atoms. The quantitative estimate of drug-likeness (QED) is 0.866. The van der Waals surface area contributed by atoms with Crippen molar-refractivity contribution in [2.45, 2.75) is 18.3 Å². The normalized spacial score (nSPS) is 16.6. The van der Waals surface area contributed by atoms with Crippen molar-refractivity contribution in [1.82, 2.24) is 9.97 Å². The average Bonchev–Trinajstić information content (AvgIpc) is 3.08. The van der Waals surface area contributed by atoms with E-state index in [1.54, 1.807) is 7.11 Å². The van der Waals surface area contributed by atoms with Crippen LogP contribution in [0, 0.1) is 0 Å². The van der Waals surface area contributed by atoms with E-state index in [0.717, 1.165) is 35.7 Å². The Balaban J connectivity index is 1.93. The van der Waals surface area contributed by atoms with Gasteiger partial charge in [-0.25, -0.2) is 4.98 Å². The first kappa shape index (κ1) is 11.3. The van der Waals surface area contributed by atoms with Crippen LogP contribution in [-0.2, 0) is 5.41 Å². The SMILES string of the molecule is COc1cccc(-c2cnc(C3(CO)CC3)[nH]2)c1. The second-order valence-corrected chi connectivity index (χ2v) is 4.82. The summed E-state index contributed by atoms with van der Waals surface area (Å²) in [6.45, 7) is 0.165. The smallest absolute Gasteiger partial charge is 0.119 e. The lowest BCUT2D eigenvalue weighted by Crippen LogP contribution is -2.13. The molecule has 4 nitrogen and oxygen atoms in total. The third-order valence-corrected chi connectivity index (χ3v) is 3.62. The Hall–Kier alpha value is -1.81. The number of aliphatic hydroxyl groups is 1. The lowest BCUT2D eigenvalue weighted by Gasteiger charge is -2.07. The van der Waals surface area contributed by atoms with Crippen LogP contribution in [0.3, 0.4) is 0 Å². The number of rotatable bonds is 4. The van der Waals surface area contributed by atoms with Gasteiger partial charge in [0.25, 0.3) is 0 Å². The molecule has 18 heavy (non-hydrogen) atoms. The van der Waals surface area contributed by atoms with Crippen molar-refractivity contribution >= 4 is 0 Å². The lowest BCUT2D eigenvalue weighted by molar-refractivity contribution is 0.250. The average molecular weight is 244 g/mol. The molecule has 0 bridgehead atoms. The molecule has 0 atom stereocenters. The zero-order chi connectivity index (χ0) is 12.6. The van der Waals surface area contributed by atoms with Gasteiger partial charge in [-0.3, -0.25) is 0 Å². The third-order valence-electron chi connectivity index (χ3n) is 3.62. The fourth-order valence-corrected chi connectivity index (χ4v) is 2.15. The molecule has 94 valence electrons. The van der Waals surface area contributed by atoms with Crippen LogP contribution in [0.5, 0.6) is 5.75 Å². The minimum atomic E-state index is -0.114. The van der Waals surface area contributed by atoms with Gasteiger partial charge in [0, 0.05) is 5.56 Å². The molecule has 1 aromatic heterocycles. The Morgan fingerprint density at radius 1 is 1.44 bits per heavy atom. The Morgan fingerprint density at radius 3 is 2.94 bits per heavy atom. The number of nitrogens with zero attached hydrogens (tertiary/aromatic N) is 1. The summed E-state index contributed by atoms with van der Waals surface area (Å²) in [7, 11) is 1.66. The standard InChI is InChI=1S/C14H16N2O2/c1-18-11-4-2-3-10(7-11)12-8-15-13(16-12)14(9-17)5-6-14/h2-4,7-8,17H,5-6,9H2,1H3,(H,15,16).